The highest BCUT2D eigenvalue weighted by atomic mass is 15.0. The lowest BCUT2D eigenvalue weighted by Crippen LogP contribution is -2.10. The van der Waals surface area contributed by atoms with Crippen molar-refractivity contribution in [1.82, 2.24) is 15.0 Å². The number of pyridine rings is 1. The average molecular weight is 266 g/mol. The maximum absolute atomic E-state index is 5.73. The lowest BCUT2D eigenvalue weighted by molar-refractivity contribution is 0.590. The van der Waals surface area contributed by atoms with Crippen LogP contribution in [0.4, 0.5) is 5.69 Å². The fraction of sp³-hybridized carbons (Fsp3) is 0.250. The van der Waals surface area contributed by atoms with Crippen molar-refractivity contribution >= 4 is 16.9 Å². The summed E-state index contributed by atoms with van der Waals surface area (Å²) < 4.78 is 0. The monoisotopic (exact) mass is 266 g/mol. The Bertz CT molecular complexity index is 748. The van der Waals surface area contributed by atoms with Crippen molar-refractivity contribution < 1.29 is 0 Å². The van der Waals surface area contributed by atoms with Crippen LogP contribution >= 0.6 is 0 Å². The van der Waals surface area contributed by atoms with Crippen LogP contribution in [0.15, 0.2) is 36.5 Å². The molecule has 0 bridgehead atoms. The Kier molecular flexibility index (Phi) is 2.74. The van der Waals surface area contributed by atoms with E-state index in [0.717, 1.165) is 16.9 Å². The number of nitrogens with zero attached hydrogens (tertiary/aromatic N) is 2. The highest BCUT2D eigenvalue weighted by Gasteiger charge is 2.14. The molecule has 102 valence electrons. The van der Waals surface area contributed by atoms with Gasteiger partial charge >= 0.3 is 0 Å². The molecule has 0 aliphatic rings. The van der Waals surface area contributed by atoms with Gasteiger partial charge in [0.25, 0.3) is 0 Å². The first-order valence-electron chi connectivity index (χ1n) is 6.66. The van der Waals surface area contributed by atoms with E-state index in [-0.39, 0.29) is 5.41 Å². The number of rotatable bonds is 1. The summed E-state index contributed by atoms with van der Waals surface area (Å²) in [6.07, 6.45) is 1.62. The molecule has 4 nitrogen and oxygen atoms in total. The summed E-state index contributed by atoms with van der Waals surface area (Å²) in [5, 5.41) is 0. The third-order valence-corrected chi connectivity index (χ3v) is 3.38. The zero-order valence-corrected chi connectivity index (χ0v) is 11.9. The quantitative estimate of drug-likeness (QED) is 0.708. The third-order valence-electron chi connectivity index (χ3n) is 3.38. The normalized spacial score (nSPS) is 11.9. The molecular weight excluding hydrogens is 248 g/mol. The molecule has 0 saturated heterocycles. The Morgan fingerprint density at radius 2 is 1.80 bits per heavy atom. The van der Waals surface area contributed by atoms with Crippen molar-refractivity contribution in [2.75, 3.05) is 5.73 Å². The molecule has 2 heterocycles. The molecule has 0 amide bonds. The van der Waals surface area contributed by atoms with Crippen molar-refractivity contribution in [3.05, 3.63) is 42.1 Å². The summed E-state index contributed by atoms with van der Waals surface area (Å²) in [5.41, 5.74) is 10.4. The first-order valence-corrected chi connectivity index (χ1v) is 6.66. The molecule has 3 aromatic rings. The molecule has 0 saturated carbocycles. The Morgan fingerprint density at radius 1 is 1.10 bits per heavy atom. The molecule has 1 aromatic carbocycles. The summed E-state index contributed by atoms with van der Waals surface area (Å²) in [4.78, 5) is 12.0. The standard InChI is InChI=1S/C16H18N4/c1-16(2,3)11-6-4-10(5-7-11)14-19-13-8-12(17)9-18-15(13)20-14/h4-9H,17H2,1-3H3,(H,18,19,20). The number of anilines is 1. The molecule has 4 heteroatoms. The molecule has 0 spiro atoms. The van der Waals surface area contributed by atoms with Crippen LogP contribution in [0.2, 0.25) is 0 Å². The van der Waals surface area contributed by atoms with Gasteiger partial charge < -0.3 is 10.7 Å². The van der Waals surface area contributed by atoms with Gasteiger partial charge in [-0.2, -0.15) is 0 Å². The number of aromatic amines is 1. The molecule has 0 radical (unpaired) electrons. The zero-order valence-electron chi connectivity index (χ0n) is 11.9. The van der Waals surface area contributed by atoms with Gasteiger partial charge in [-0.25, -0.2) is 9.97 Å². The van der Waals surface area contributed by atoms with Crippen molar-refractivity contribution in [2.45, 2.75) is 26.2 Å². The van der Waals surface area contributed by atoms with E-state index in [0.29, 0.717) is 11.3 Å². The van der Waals surface area contributed by atoms with E-state index in [4.69, 9.17) is 5.73 Å². The number of imidazole rings is 1. The first kappa shape index (κ1) is 12.7. The number of fused-ring (bicyclic) bond motifs is 1. The maximum Gasteiger partial charge on any atom is 0.178 e. The molecule has 0 fully saturated rings. The number of hydrogen-bond donors (Lipinski definition) is 2. The smallest absolute Gasteiger partial charge is 0.178 e. The van der Waals surface area contributed by atoms with Crippen LogP contribution < -0.4 is 5.73 Å². The molecule has 20 heavy (non-hydrogen) atoms. The summed E-state index contributed by atoms with van der Waals surface area (Å²) in [5.74, 6) is 0.818. The van der Waals surface area contributed by atoms with Gasteiger partial charge in [-0.15, -0.1) is 0 Å². The van der Waals surface area contributed by atoms with Crippen molar-refractivity contribution in [2.24, 2.45) is 0 Å². The van der Waals surface area contributed by atoms with E-state index in [1.165, 1.54) is 5.56 Å². The molecule has 0 aliphatic carbocycles. The minimum atomic E-state index is 0.155. The fourth-order valence-corrected chi connectivity index (χ4v) is 2.18. The molecule has 0 atom stereocenters. The number of nitrogen functional groups attached to an aromatic ring is 1. The van der Waals surface area contributed by atoms with Crippen LogP contribution in [0.25, 0.3) is 22.6 Å². The minimum absolute atomic E-state index is 0.155. The molecular formula is C16H18N4. The summed E-state index contributed by atoms with van der Waals surface area (Å²) in [7, 11) is 0. The van der Waals surface area contributed by atoms with E-state index < -0.39 is 0 Å². The van der Waals surface area contributed by atoms with Crippen LogP contribution in [0.1, 0.15) is 26.3 Å². The van der Waals surface area contributed by atoms with Crippen LogP contribution in [0.3, 0.4) is 0 Å². The Morgan fingerprint density at radius 3 is 2.45 bits per heavy atom. The predicted molar refractivity (Wildman–Crippen MR) is 82.4 cm³/mol. The minimum Gasteiger partial charge on any atom is -0.397 e. The molecule has 2 aromatic heterocycles. The third kappa shape index (κ3) is 2.25. The predicted octanol–water partition coefficient (Wildman–Crippen LogP) is 3.50. The van der Waals surface area contributed by atoms with Crippen molar-refractivity contribution in [1.29, 1.82) is 0 Å². The van der Waals surface area contributed by atoms with Gasteiger partial charge in [0.1, 0.15) is 5.82 Å². The number of H-pyrrole nitrogens is 1. The Hall–Kier alpha value is -2.36. The second kappa shape index (κ2) is 4.34. The van der Waals surface area contributed by atoms with Gasteiger partial charge in [0.15, 0.2) is 5.65 Å². The van der Waals surface area contributed by atoms with Gasteiger partial charge in [-0.3, -0.25) is 0 Å². The average Bonchev–Trinajstić information content (AvgIpc) is 2.80. The number of hydrogen-bond acceptors (Lipinski definition) is 3. The van der Waals surface area contributed by atoms with Crippen molar-refractivity contribution in [3.8, 4) is 11.4 Å². The lowest BCUT2D eigenvalue weighted by Gasteiger charge is -2.18. The molecule has 0 aliphatic heterocycles. The topological polar surface area (TPSA) is 67.6 Å². The number of benzene rings is 1. The molecule has 3 rings (SSSR count). The number of aromatic nitrogens is 3. The largest absolute Gasteiger partial charge is 0.397 e. The fourth-order valence-electron chi connectivity index (χ4n) is 2.18. The summed E-state index contributed by atoms with van der Waals surface area (Å²) >= 11 is 0. The second-order valence-electron chi connectivity index (χ2n) is 6.05. The van der Waals surface area contributed by atoms with E-state index in [1.807, 2.05) is 6.07 Å². The Balaban J connectivity index is 2.02. The van der Waals surface area contributed by atoms with Crippen LogP contribution in [0.5, 0.6) is 0 Å². The highest BCUT2D eigenvalue weighted by molar-refractivity contribution is 5.78. The van der Waals surface area contributed by atoms with E-state index in [1.54, 1.807) is 6.20 Å². The molecule has 3 N–H and O–H groups in total. The summed E-state index contributed by atoms with van der Waals surface area (Å²) in [6.45, 7) is 6.61. The highest BCUT2D eigenvalue weighted by Crippen LogP contribution is 2.26. The Labute approximate surface area is 118 Å². The van der Waals surface area contributed by atoms with E-state index >= 15 is 0 Å². The van der Waals surface area contributed by atoms with Crippen LogP contribution in [-0.2, 0) is 5.41 Å². The van der Waals surface area contributed by atoms with Gasteiger partial charge in [0.2, 0.25) is 0 Å². The number of nitrogens with two attached hydrogens (primary N) is 1. The second-order valence-corrected chi connectivity index (χ2v) is 6.05. The van der Waals surface area contributed by atoms with Crippen LogP contribution in [0, 0.1) is 0 Å². The SMILES string of the molecule is CC(C)(C)c1ccc(-c2nc3ncc(N)cc3[nH]2)cc1. The van der Waals surface area contributed by atoms with Gasteiger partial charge in [0.05, 0.1) is 17.4 Å². The first-order chi connectivity index (χ1) is 9.43. The lowest BCUT2D eigenvalue weighted by atomic mass is 9.87. The summed E-state index contributed by atoms with van der Waals surface area (Å²) in [6, 6.07) is 10.3. The van der Waals surface area contributed by atoms with Crippen LogP contribution in [-0.4, -0.2) is 15.0 Å². The van der Waals surface area contributed by atoms with Crippen molar-refractivity contribution in [3.63, 3.8) is 0 Å². The number of nitrogens with one attached hydrogen (secondary N) is 1. The molecule has 0 unspecified atom stereocenters. The maximum atomic E-state index is 5.73. The van der Waals surface area contributed by atoms with E-state index in [9.17, 15) is 0 Å². The van der Waals surface area contributed by atoms with Gasteiger partial charge in [-0.1, -0.05) is 45.0 Å². The van der Waals surface area contributed by atoms with Gasteiger partial charge in [0, 0.05) is 5.56 Å². The van der Waals surface area contributed by atoms with E-state index in [2.05, 4.69) is 60.0 Å². The van der Waals surface area contributed by atoms with Gasteiger partial charge in [-0.05, 0) is 17.0 Å². The zero-order chi connectivity index (χ0) is 14.3.